The second kappa shape index (κ2) is 8.26. The molecule has 134 valence electrons. The van der Waals surface area contributed by atoms with E-state index in [1.54, 1.807) is 12.1 Å². The number of nitrogens with zero attached hydrogens (tertiary/aromatic N) is 2. The van der Waals surface area contributed by atoms with Gasteiger partial charge in [0.2, 0.25) is 11.7 Å². The fourth-order valence-electron chi connectivity index (χ4n) is 2.06. The summed E-state index contributed by atoms with van der Waals surface area (Å²) >= 11 is 1.26. The zero-order valence-electron chi connectivity index (χ0n) is 13.5. The molecule has 26 heavy (non-hydrogen) atoms. The number of rotatable bonds is 7. The number of aryl methyl sites for hydroxylation is 1. The summed E-state index contributed by atoms with van der Waals surface area (Å²) in [5.41, 5.74) is 0.898. The second-order valence-electron chi connectivity index (χ2n) is 5.26. The highest BCUT2D eigenvalue weighted by Crippen LogP contribution is 2.29. The predicted molar refractivity (Wildman–Crippen MR) is 93.8 cm³/mol. The van der Waals surface area contributed by atoms with Gasteiger partial charge in [-0.25, -0.2) is 4.79 Å². The number of thiophene rings is 1. The van der Waals surface area contributed by atoms with Crippen LogP contribution in [0, 0.1) is 0 Å². The van der Waals surface area contributed by atoms with Crippen LogP contribution in [0.1, 0.15) is 17.9 Å². The minimum Gasteiger partial charge on any atom is -0.481 e. The van der Waals surface area contributed by atoms with E-state index in [1.807, 2.05) is 30.3 Å². The van der Waals surface area contributed by atoms with Crippen molar-refractivity contribution in [2.24, 2.45) is 0 Å². The van der Waals surface area contributed by atoms with Gasteiger partial charge in [-0.05, 0) is 17.7 Å². The highest BCUT2D eigenvalue weighted by molar-refractivity contribution is 7.19. The molecule has 8 nitrogen and oxygen atoms in total. The predicted octanol–water partition coefficient (Wildman–Crippen LogP) is 3.56. The Morgan fingerprint density at radius 3 is 2.77 bits per heavy atom. The molecule has 0 radical (unpaired) electrons. The third-order valence-corrected chi connectivity index (χ3v) is 4.28. The van der Waals surface area contributed by atoms with Crippen LogP contribution in [0.4, 0.5) is 9.80 Å². The summed E-state index contributed by atoms with van der Waals surface area (Å²) in [4.78, 5) is 27.2. The van der Waals surface area contributed by atoms with E-state index in [1.165, 1.54) is 11.3 Å². The van der Waals surface area contributed by atoms with Crippen LogP contribution < -0.4 is 5.32 Å². The Balaban J connectivity index is 1.54. The summed E-state index contributed by atoms with van der Waals surface area (Å²) in [5, 5.41) is 15.7. The molecular weight excluding hydrogens is 358 g/mol. The fraction of sp³-hybridized carbons (Fsp3) is 0.176. The Labute approximate surface area is 152 Å². The van der Waals surface area contributed by atoms with Crippen LogP contribution in [-0.2, 0) is 22.6 Å². The molecule has 3 rings (SSSR count). The van der Waals surface area contributed by atoms with Crippen molar-refractivity contribution in [3.8, 4) is 10.7 Å². The first kappa shape index (κ1) is 17.6. The molecule has 0 fully saturated rings. The summed E-state index contributed by atoms with van der Waals surface area (Å²) < 4.78 is 10.2. The highest BCUT2D eigenvalue weighted by atomic mass is 32.1. The number of benzene rings is 1. The molecule has 2 N–H and O–H groups in total. The van der Waals surface area contributed by atoms with Crippen LogP contribution >= 0.6 is 11.3 Å². The van der Waals surface area contributed by atoms with Crippen LogP contribution in [0.5, 0.6) is 0 Å². The number of carboxylic acids is 1. The second-order valence-corrected chi connectivity index (χ2v) is 6.34. The smallest absolute Gasteiger partial charge is 0.412 e. The molecule has 0 spiro atoms. The van der Waals surface area contributed by atoms with Gasteiger partial charge in [-0.1, -0.05) is 35.5 Å². The van der Waals surface area contributed by atoms with Gasteiger partial charge in [0.1, 0.15) is 6.61 Å². The summed E-state index contributed by atoms with van der Waals surface area (Å²) in [6.45, 7) is 0.183. The molecule has 0 aliphatic carbocycles. The van der Waals surface area contributed by atoms with Gasteiger partial charge in [0, 0.05) is 6.42 Å². The van der Waals surface area contributed by atoms with Crippen LogP contribution in [0.3, 0.4) is 0 Å². The number of amides is 1. The van der Waals surface area contributed by atoms with Crippen LogP contribution in [0.15, 0.2) is 47.0 Å². The number of nitrogens with one attached hydrogen (secondary N) is 1. The van der Waals surface area contributed by atoms with Crippen LogP contribution in [0.25, 0.3) is 10.7 Å². The molecule has 2 aromatic heterocycles. The SMILES string of the molecule is O=C(O)CCc1nc(-c2ccc(NC(=O)OCc3ccccc3)s2)no1. The average Bonchev–Trinajstić information content (AvgIpc) is 3.28. The number of aliphatic carboxylic acids is 1. The standard InChI is InChI=1S/C17H15N3O5S/c21-15(22)9-7-13-18-16(20-25-13)12-6-8-14(26-12)19-17(23)24-10-11-4-2-1-3-5-11/h1-6,8H,7,9-10H2,(H,19,23)(H,21,22). The first-order valence-electron chi connectivity index (χ1n) is 7.72. The van der Waals surface area contributed by atoms with E-state index in [0.717, 1.165) is 5.56 Å². The summed E-state index contributed by atoms with van der Waals surface area (Å²) in [6, 6.07) is 12.8. The number of carboxylic acid groups (broad SMARTS) is 1. The number of hydrogen-bond donors (Lipinski definition) is 2. The van der Waals surface area contributed by atoms with Gasteiger partial charge in [-0.2, -0.15) is 4.98 Å². The quantitative estimate of drug-likeness (QED) is 0.650. The number of carbonyl (C=O) groups is 2. The van der Waals surface area contributed by atoms with E-state index >= 15 is 0 Å². The number of carbonyl (C=O) groups excluding carboxylic acids is 1. The minimum absolute atomic E-state index is 0.0772. The van der Waals surface area contributed by atoms with E-state index < -0.39 is 12.1 Å². The Kier molecular flexibility index (Phi) is 5.59. The van der Waals surface area contributed by atoms with Gasteiger partial charge < -0.3 is 14.4 Å². The van der Waals surface area contributed by atoms with E-state index in [2.05, 4.69) is 15.5 Å². The van der Waals surface area contributed by atoms with Crippen molar-refractivity contribution in [3.05, 3.63) is 53.9 Å². The molecule has 0 saturated carbocycles. The third-order valence-electron chi connectivity index (χ3n) is 3.29. The lowest BCUT2D eigenvalue weighted by molar-refractivity contribution is -0.137. The first-order chi connectivity index (χ1) is 12.6. The maximum absolute atomic E-state index is 11.9. The van der Waals surface area contributed by atoms with Crippen molar-refractivity contribution in [1.29, 1.82) is 0 Å². The van der Waals surface area contributed by atoms with Gasteiger partial charge in [-0.3, -0.25) is 10.1 Å². The molecule has 2 heterocycles. The van der Waals surface area contributed by atoms with E-state index in [4.69, 9.17) is 14.4 Å². The number of anilines is 1. The number of hydrogen-bond acceptors (Lipinski definition) is 7. The molecule has 0 aliphatic rings. The maximum atomic E-state index is 11.9. The van der Waals surface area contributed by atoms with Crippen molar-refractivity contribution in [2.45, 2.75) is 19.4 Å². The van der Waals surface area contributed by atoms with Crippen molar-refractivity contribution < 1.29 is 24.0 Å². The Morgan fingerprint density at radius 2 is 2.00 bits per heavy atom. The van der Waals surface area contributed by atoms with Gasteiger partial charge >= 0.3 is 12.1 Å². The largest absolute Gasteiger partial charge is 0.481 e. The van der Waals surface area contributed by atoms with Gasteiger partial charge in [0.15, 0.2) is 0 Å². The molecular formula is C17H15N3O5S. The fourth-order valence-corrected chi connectivity index (χ4v) is 2.87. The highest BCUT2D eigenvalue weighted by Gasteiger charge is 2.13. The maximum Gasteiger partial charge on any atom is 0.412 e. The molecule has 1 amide bonds. The normalized spacial score (nSPS) is 10.5. The summed E-state index contributed by atoms with van der Waals surface area (Å²) in [6.07, 6.45) is -0.464. The number of aromatic nitrogens is 2. The third kappa shape index (κ3) is 4.90. The van der Waals surface area contributed by atoms with Crippen molar-refractivity contribution in [2.75, 3.05) is 5.32 Å². The van der Waals surface area contributed by atoms with E-state index in [0.29, 0.717) is 15.7 Å². The lowest BCUT2D eigenvalue weighted by atomic mass is 10.2. The Hall–Kier alpha value is -3.20. The summed E-state index contributed by atoms with van der Waals surface area (Å²) in [5.74, 6) is -0.324. The van der Waals surface area contributed by atoms with Crippen molar-refractivity contribution in [1.82, 2.24) is 10.1 Å². The molecule has 3 aromatic rings. The van der Waals surface area contributed by atoms with Crippen LogP contribution in [-0.4, -0.2) is 27.3 Å². The molecule has 0 unspecified atom stereocenters. The molecule has 1 aromatic carbocycles. The molecule has 0 saturated heterocycles. The van der Waals surface area contributed by atoms with Gasteiger partial charge in [0.05, 0.1) is 16.3 Å². The van der Waals surface area contributed by atoms with Gasteiger partial charge in [-0.15, -0.1) is 11.3 Å². The summed E-state index contributed by atoms with van der Waals surface area (Å²) in [7, 11) is 0. The average molecular weight is 373 g/mol. The Morgan fingerprint density at radius 1 is 1.19 bits per heavy atom. The van der Waals surface area contributed by atoms with Gasteiger partial charge in [0.25, 0.3) is 0 Å². The molecule has 0 bridgehead atoms. The molecule has 0 aliphatic heterocycles. The topological polar surface area (TPSA) is 115 Å². The lowest BCUT2D eigenvalue weighted by Crippen LogP contribution is -2.12. The zero-order chi connectivity index (χ0) is 18.4. The molecule has 9 heteroatoms. The number of ether oxygens (including phenoxy) is 1. The minimum atomic E-state index is -0.929. The van der Waals surface area contributed by atoms with Crippen molar-refractivity contribution in [3.63, 3.8) is 0 Å². The monoisotopic (exact) mass is 373 g/mol. The van der Waals surface area contributed by atoms with Crippen molar-refractivity contribution >= 4 is 28.4 Å². The van der Waals surface area contributed by atoms with E-state index in [-0.39, 0.29) is 25.3 Å². The zero-order valence-corrected chi connectivity index (χ0v) is 14.4. The van der Waals surface area contributed by atoms with E-state index in [9.17, 15) is 9.59 Å². The molecule has 0 atom stereocenters. The first-order valence-corrected chi connectivity index (χ1v) is 8.54. The lowest BCUT2D eigenvalue weighted by Gasteiger charge is -2.05. The Bertz CT molecular complexity index is 891. The van der Waals surface area contributed by atoms with Crippen LogP contribution in [0.2, 0.25) is 0 Å².